The fourth-order valence-electron chi connectivity index (χ4n) is 4.17. The van der Waals surface area contributed by atoms with Gasteiger partial charge in [0.15, 0.2) is 0 Å². The predicted molar refractivity (Wildman–Crippen MR) is 137 cm³/mol. The van der Waals surface area contributed by atoms with E-state index in [4.69, 9.17) is 0 Å². The van der Waals surface area contributed by atoms with Crippen LogP contribution in [-0.4, -0.2) is 58.1 Å². The van der Waals surface area contributed by atoms with Gasteiger partial charge in [-0.05, 0) is 49.6 Å². The molecule has 0 radical (unpaired) electrons. The van der Waals surface area contributed by atoms with Crippen molar-refractivity contribution in [3.63, 3.8) is 0 Å². The molecule has 0 spiro atoms. The van der Waals surface area contributed by atoms with Gasteiger partial charge in [-0.25, -0.2) is 15.5 Å². The second kappa shape index (κ2) is 14.6. The Hall–Kier alpha value is -2.71. The summed E-state index contributed by atoms with van der Waals surface area (Å²) in [7, 11) is 0. The van der Waals surface area contributed by atoms with Crippen molar-refractivity contribution in [2.45, 2.75) is 78.3 Å². The van der Waals surface area contributed by atoms with Crippen LogP contribution >= 0.6 is 0 Å². The van der Waals surface area contributed by atoms with Crippen molar-refractivity contribution >= 4 is 23.8 Å². The molecule has 2 rings (SSSR count). The number of amides is 3. The highest BCUT2D eigenvalue weighted by Gasteiger charge is 2.38. The van der Waals surface area contributed by atoms with E-state index >= 15 is 0 Å². The van der Waals surface area contributed by atoms with E-state index in [1.54, 1.807) is 11.6 Å². The maximum absolute atomic E-state index is 13.7. The number of nitrogens with zero attached hydrogens (tertiary/aromatic N) is 2. The summed E-state index contributed by atoms with van der Waals surface area (Å²) < 4.78 is 0. The number of carbonyl (C=O) groups excluding carboxylic acids is 3. The summed E-state index contributed by atoms with van der Waals surface area (Å²) in [6.07, 6.45) is 7.27. The fraction of sp³-hybridized carbons (Fsp3) is 0.593. The molecule has 0 bridgehead atoms. The molecule has 8 nitrogen and oxygen atoms in total. The van der Waals surface area contributed by atoms with Crippen LogP contribution in [-0.2, 0) is 14.4 Å². The lowest BCUT2D eigenvalue weighted by molar-refractivity contribution is -0.176. The van der Waals surface area contributed by atoms with E-state index in [0.29, 0.717) is 19.4 Å². The second-order valence-corrected chi connectivity index (χ2v) is 10.0. The lowest BCUT2D eigenvalue weighted by Crippen LogP contribution is -2.62. The standard InChI is InChI=1S/C27H42N4O4/c1-20(2)16-17-25(32)31(30(19-21(3)4)27(34)23-14-8-9-18-28-23)24(26(33)29-35)15-10-13-22-11-6-5-7-12-22/h5-7,10-13,20-21,23-24,28,35H,8-9,14-19H2,1-4H3,(H,29,33)/t23-,24+/m1/s1. The molecule has 0 unspecified atom stereocenters. The van der Waals surface area contributed by atoms with E-state index in [1.807, 2.05) is 64.1 Å². The normalized spacial score (nSPS) is 16.9. The summed E-state index contributed by atoms with van der Waals surface area (Å²) in [6, 6.07) is 8.16. The van der Waals surface area contributed by atoms with Crippen molar-refractivity contribution in [3.05, 3.63) is 42.0 Å². The number of hydrogen-bond donors (Lipinski definition) is 3. The first-order valence-corrected chi connectivity index (χ1v) is 12.8. The van der Waals surface area contributed by atoms with E-state index in [-0.39, 0.29) is 36.5 Å². The fourth-order valence-corrected chi connectivity index (χ4v) is 4.17. The average Bonchev–Trinajstić information content (AvgIpc) is 2.86. The van der Waals surface area contributed by atoms with Crippen molar-refractivity contribution in [3.8, 4) is 0 Å². The highest BCUT2D eigenvalue weighted by atomic mass is 16.5. The molecule has 1 aliphatic heterocycles. The van der Waals surface area contributed by atoms with Gasteiger partial charge in [0.1, 0.15) is 6.04 Å². The molecule has 0 saturated carbocycles. The largest absolute Gasteiger partial charge is 0.306 e. The number of hydroxylamine groups is 1. The Morgan fingerprint density at radius 1 is 1.11 bits per heavy atom. The zero-order chi connectivity index (χ0) is 25.8. The van der Waals surface area contributed by atoms with Gasteiger partial charge in [-0.2, -0.15) is 0 Å². The number of benzene rings is 1. The quantitative estimate of drug-likeness (QED) is 0.326. The SMILES string of the molecule is CC(C)CCC(=O)N([C@@H](CC=Cc1ccccc1)C(=O)NO)N(CC(C)C)C(=O)[C@H]1CCCCN1. The molecule has 3 N–H and O–H groups in total. The van der Waals surface area contributed by atoms with Gasteiger partial charge < -0.3 is 5.32 Å². The van der Waals surface area contributed by atoms with Crippen LogP contribution in [0, 0.1) is 11.8 Å². The Kier molecular flexibility index (Phi) is 11.9. The van der Waals surface area contributed by atoms with Gasteiger partial charge in [-0.1, -0.05) is 76.6 Å². The predicted octanol–water partition coefficient (Wildman–Crippen LogP) is 3.77. The second-order valence-electron chi connectivity index (χ2n) is 10.0. The van der Waals surface area contributed by atoms with E-state index < -0.39 is 18.0 Å². The van der Waals surface area contributed by atoms with Crippen molar-refractivity contribution in [1.82, 2.24) is 20.8 Å². The highest BCUT2D eigenvalue weighted by molar-refractivity contribution is 5.90. The molecule has 2 atom stereocenters. The zero-order valence-electron chi connectivity index (χ0n) is 21.6. The Morgan fingerprint density at radius 3 is 2.40 bits per heavy atom. The van der Waals surface area contributed by atoms with Crippen LogP contribution in [0.5, 0.6) is 0 Å². The molecule has 35 heavy (non-hydrogen) atoms. The summed E-state index contributed by atoms with van der Waals surface area (Å²) in [6.45, 7) is 9.04. The lowest BCUT2D eigenvalue weighted by atomic mass is 10.0. The van der Waals surface area contributed by atoms with Crippen LogP contribution in [0.1, 0.15) is 71.8 Å². The minimum absolute atomic E-state index is 0.0700. The van der Waals surface area contributed by atoms with Gasteiger partial charge >= 0.3 is 0 Å². The molecule has 1 saturated heterocycles. The molecule has 1 aromatic carbocycles. The first-order chi connectivity index (χ1) is 16.7. The van der Waals surface area contributed by atoms with Crippen molar-refractivity contribution in [1.29, 1.82) is 0 Å². The van der Waals surface area contributed by atoms with Crippen molar-refractivity contribution in [2.75, 3.05) is 13.1 Å². The Balaban J connectivity index is 2.43. The molecule has 1 aliphatic rings. The molecule has 0 aromatic heterocycles. The maximum atomic E-state index is 13.7. The van der Waals surface area contributed by atoms with Gasteiger partial charge in [0, 0.05) is 13.0 Å². The number of hydrazine groups is 1. The third-order valence-electron chi connectivity index (χ3n) is 6.03. The number of carbonyl (C=O) groups is 3. The van der Waals surface area contributed by atoms with Crippen molar-refractivity contribution in [2.24, 2.45) is 11.8 Å². The maximum Gasteiger partial charge on any atom is 0.268 e. The molecular formula is C27H42N4O4. The number of piperidine rings is 1. The molecule has 1 fully saturated rings. The molecule has 8 heteroatoms. The first kappa shape index (κ1) is 28.5. The van der Waals surface area contributed by atoms with Gasteiger partial charge in [0.2, 0.25) is 5.91 Å². The summed E-state index contributed by atoms with van der Waals surface area (Å²) in [4.78, 5) is 40.1. The van der Waals surface area contributed by atoms with Crippen LogP contribution < -0.4 is 10.8 Å². The summed E-state index contributed by atoms with van der Waals surface area (Å²) >= 11 is 0. The molecule has 0 aliphatic carbocycles. The molecular weight excluding hydrogens is 444 g/mol. The minimum Gasteiger partial charge on any atom is -0.306 e. The lowest BCUT2D eigenvalue weighted by Gasteiger charge is -2.42. The summed E-state index contributed by atoms with van der Waals surface area (Å²) in [5.74, 6) is -0.873. The van der Waals surface area contributed by atoms with E-state index in [9.17, 15) is 19.6 Å². The number of nitrogens with one attached hydrogen (secondary N) is 2. The van der Waals surface area contributed by atoms with Gasteiger partial charge in [0.25, 0.3) is 11.8 Å². The monoisotopic (exact) mass is 486 g/mol. The number of rotatable bonds is 11. The van der Waals surface area contributed by atoms with Crippen LogP contribution in [0.25, 0.3) is 6.08 Å². The van der Waals surface area contributed by atoms with E-state index in [2.05, 4.69) is 5.32 Å². The van der Waals surface area contributed by atoms with Crippen LogP contribution in [0.4, 0.5) is 0 Å². The van der Waals surface area contributed by atoms with Gasteiger partial charge in [-0.15, -0.1) is 0 Å². The summed E-state index contributed by atoms with van der Waals surface area (Å²) in [5.41, 5.74) is 2.67. The smallest absolute Gasteiger partial charge is 0.268 e. The van der Waals surface area contributed by atoms with Crippen molar-refractivity contribution < 1.29 is 19.6 Å². The average molecular weight is 487 g/mol. The topological polar surface area (TPSA) is 102 Å². The van der Waals surface area contributed by atoms with E-state index in [1.165, 1.54) is 10.0 Å². The number of hydrogen-bond acceptors (Lipinski definition) is 5. The molecule has 3 amide bonds. The van der Waals surface area contributed by atoms with Crippen LogP contribution in [0.3, 0.4) is 0 Å². The van der Waals surface area contributed by atoms with Crippen LogP contribution in [0.15, 0.2) is 36.4 Å². The Labute approximate surface area is 209 Å². The Bertz CT molecular complexity index is 835. The van der Waals surface area contributed by atoms with Gasteiger partial charge in [0.05, 0.1) is 6.04 Å². The molecule has 1 aromatic rings. The van der Waals surface area contributed by atoms with E-state index in [0.717, 1.165) is 24.9 Å². The third kappa shape index (κ3) is 9.11. The molecule has 1 heterocycles. The third-order valence-corrected chi connectivity index (χ3v) is 6.03. The van der Waals surface area contributed by atoms with Crippen LogP contribution in [0.2, 0.25) is 0 Å². The first-order valence-electron chi connectivity index (χ1n) is 12.8. The Morgan fingerprint density at radius 2 is 1.83 bits per heavy atom. The highest BCUT2D eigenvalue weighted by Crippen LogP contribution is 2.20. The van der Waals surface area contributed by atoms with Gasteiger partial charge in [-0.3, -0.25) is 19.6 Å². The zero-order valence-corrected chi connectivity index (χ0v) is 21.6. The summed E-state index contributed by atoms with van der Waals surface area (Å²) in [5, 5.41) is 15.6. The molecule has 194 valence electrons. The minimum atomic E-state index is -1.06.